The van der Waals surface area contributed by atoms with Gasteiger partial charge in [0, 0.05) is 23.2 Å². The van der Waals surface area contributed by atoms with Crippen molar-refractivity contribution >= 4 is 24.2 Å². The van der Waals surface area contributed by atoms with Gasteiger partial charge in [-0.2, -0.15) is 12.6 Å². The van der Waals surface area contributed by atoms with Crippen LogP contribution in [0.5, 0.6) is 0 Å². The summed E-state index contributed by atoms with van der Waals surface area (Å²) in [5.41, 5.74) is 6.67. The van der Waals surface area contributed by atoms with Crippen molar-refractivity contribution in [2.24, 2.45) is 16.6 Å². The molecule has 14 heavy (non-hydrogen) atoms. The Bertz CT molecular complexity index is 318. The number of amides is 1. The van der Waals surface area contributed by atoms with Crippen molar-refractivity contribution in [3.63, 3.8) is 0 Å². The molecule has 0 aliphatic carbocycles. The van der Waals surface area contributed by atoms with E-state index in [1.54, 1.807) is 6.20 Å². The molecule has 76 valence electrons. The topological polar surface area (TPSA) is 55.4 Å². The highest BCUT2D eigenvalue weighted by atomic mass is 32.1. The fraction of sp³-hybridized carbons (Fsp3) is 0.400. The monoisotopic (exact) mass is 210 g/mol. The Morgan fingerprint density at radius 2 is 2.50 bits per heavy atom. The van der Waals surface area contributed by atoms with Crippen LogP contribution in [0.3, 0.4) is 0 Å². The molecule has 0 spiro atoms. The molecule has 0 saturated heterocycles. The highest BCUT2D eigenvalue weighted by Gasteiger charge is 2.13. The summed E-state index contributed by atoms with van der Waals surface area (Å²) in [7, 11) is 0. The lowest BCUT2D eigenvalue weighted by Gasteiger charge is -2.11. The van der Waals surface area contributed by atoms with Gasteiger partial charge in [0.1, 0.15) is 0 Å². The van der Waals surface area contributed by atoms with Crippen molar-refractivity contribution in [1.82, 2.24) is 0 Å². The third kappa shape index (κ3) is 2.73. The first kappa shape index (κ1) is 11.0. The van der Waals surface area contributed by atoms with Crippen LogP contribution in [0.15, 0.2) is 28.9 Å². The van der Waals surface area contributed by atoms with Crippen LogP contribution in [-0.4, -0.2) is 17.4 Å². The summed E-state index contributed by atoms with van der Waals surface area (Å²) in [5.74, 6) is 0.303. The molecule has 1 atom stereocenters. The Morgan fingerprint density at radius 1 is 1.79 bits per heavy atom. The van der Waals surface area contributed by atoms with E-state index in [-0.39, 0.29) is 5.92 Å². The van der Waals surface area contributed by atoms with E-state index in [1.807, 2.05) is 19.1 Å². The van der Waals surface area contributed by atoms with Crippen LogP contribution in [0.1, 0.15) is 13.3 Å². The largest absolute Gasteiger partial charge is 0.366 e. The van der Waals surface area contributed by atoms with E-state index in [1.165, 1.54) is 0 Å². The molecule has 1 unspecified atom stereocenters. The molecule has 3 nitrogen and oxygen atoms in total. The molecule has 0 fully saturated rings. The second-order valence-corrected chi connectivity index (χ2v) is 3.58. The SMILES string of the molecule is CC1C/C=C/C(CS)=NC=C1C(N)=O. The number of rotatable bonds is 2. The number of hydrogen-bond acceptors (Lipinski definition) is 3. The van der Waals surface area contributed by atoms with E-state index >= 15 is 0 Å². The Kier molecular flexibility index (Phi) is 3.95. The van der Waals surface area contributed by atoms with Crippen molar-refractivity contribution in [2.75, 3.05) is 5.75 Å². The number of nitrogens with zero attached hydrogens (tertiary/aromatic N) is 1. The zero-order chi connectivity index (χ0) is 10.6. The fourth-order valence-electron chi connectivity index (χ4n) is 1.26. The summed E-state index contributed by atoms with van der Waals surface area (Å²) in [6.45, 7) is 1.96. The number of allylic oxidation sites excluding steroid dienone is 2. The fourth-order valence-corrected chi connectivity index (χ4v) is 1.44. The van der Waals surface area contributed by atoms with Crippen molar-refractivity contribution < 1.29 is 4.79 Å². The van der Waals surface area contributed by atoms with Gasteiger partial charge in [0.25, 0.3) is 0 Å². The van der Waals surface area contributed by atoms with Gasteiger partial charge >= 0.3 is 0 Å². The first-order valence-electron chi connectivity index (χ1n) is 4.49. The molecule has 0 radical (unpaired) electrons. The molecule has 1 rings (SSSR count). The number of primary amides is 1. The van der Waals surface area contributed by atoms with Crippen LogP contribution in [0.25, 0.3) is 0 Å². The molecule has 0 aromatic carbocycles. The first-order chi connectivity index (χ1) is 6.65. The minimum absolute atomic E-state index is 0.133. The van der Waals surface area contributed by atoms with Gasteiger partial charge in [0.15, 0.2) is 0 Å². The molecular weight excluding hydrogens is 196 g/mol. The standard InChI is InChI=1S/C10H14N2OS/c1-7-3-2-4-8(6-14)12-5-9(7)10(11)13/h2,4-5,7,14H,3,6H2,1H3,(H2,11,13)/b4-2+,9-5?,12-8?. The minimum Gasteiger partial charge on any atom is -0.366 e. The quantitative estimate of drug-likeness (QED) is 0.664. The normalized spacial score (nSPS) is 24.3. The first-order valence-corrected chi connectivity index (χ1v) is 5.12. The Morgan fingerprint density at radius 3 is 3.07 bits per heavy atom. The molecule has 2 N–H and O–H groups in total. The van der Waals surface area contributed by atoms with E-state index in [2.05, 4.69) is 17.6 Å². The summed E-state index contributed by atoms with van der Waals surface area (Å²) < 4.78 is 0. The third-order valence-corrected chi connectivity index (χ3v) is 2.47. The van der Waals surface area contributed by atoms with Gasteiger partial charge in [-0.3, -0.25) is 9.79 Å². The van der Waals surface area contributed by atoms with Gasteiger partial charge in [0.2, 0.25) is 5.91 Å². The smallest absolute Gasteiger partial charge is 0.246 e. The summed E-state index contributed by atoms with van der Waals surface area (Å²) in [4.78, 5) is 15.2. The number of hydrogen-bond donors (Lipinski definition) is 2. The summed E-state index contributed by atoms with van der Waals surface area (Å²) in [5, 5.41) is 0. The molecule has 1 heterocycles. The number of carbonyl (C=O) groups is 1. The molecule has 0 saturated carbocycles. The van der Waals surface area contributed by atoms with Gasteiger partial charge < -0.3 is 5.73 Å². The average Bonchev–Trinajstić information content (AvgIpc) is 2.10. The van der Waals surface area contributed by atoms with Crippen LogP contribution in [0, 0.1) is 5.92 Å². The van der Waals surface area contributed by atoms with Gasteiger partial charge in [-0.15, -0.1) is 0 Å². The second kappa shape index (κ2) is 5.00. The van der Waals surface area contributed by atoms with E-state index in [0.717, 1.165) is 12.1 Å². The van der Waals surface area contributed by atoms with Gasteiger partial charge in [-0.1, -0.05) is 13.0 Å². The van der Waals surface area contributed by atoms with Crippen LogP contribution in [-0.2, 0) is 4.79 Å². The lowest BCUT2D eigenvalue weighted by Crippen LogP contribution is -2.19. The highest BCUT2D eigenvalue weighted by Crippen LogP contribution is 2.16. The lowest BCUT2D eigenvalue weighted by molar-refractivity contribution is -0.115. The summed E-state index contributed by atoms with van der Waals surface area (Å²) in [6.07, 6.45) is 6.29. The maximum absolute atomic E-state index is 11.1. The maximum Gasteiger partial charge on any atom is 0.246 e. The van der Waals surface area contributed by atoms with Crippen LogP contribution in [0.4, 0.5) is 0 Å². The molecule has 0 bridgehead atoms. The Hall–Kier alpha value is -1.03. The van der Waals surface area contributed by atoms with Crippen LogP contribution >= 0.6 is 12.6 Å². The third-order valence-electron chi connectivity index (χ3n) is 2.15. The highest BCUT2D eigenvalue weighted by molar-refractivity contribution is 7.81. The average molecular weight is 210 g/mol. The van der Waals surface area contributed by atoms with E-state index < -0.39 is 5.91 Å². The summed E-state index contributed by atoms with van der Waals surface area (Å²) in [6, 6.07) is 0. The zero-order valence-corrected chi connectivity index (χ0v) is 9.00. The predicted molar refractivity (Wildman–Crippen MR) is 61.5 cm³/mol. The van der Waals surface area contributed by atoms with Crippen molar-refractivity contribution in [3.8, 4) is 0 Å². The molecule has 0 aromatic rings. The Labute approximate surface area is 89.2 Å². The molecule has 1 aliphatic rings. The number of aliphatic imine (C=N–C) groups is 1. The molecule has 1 amide bonds. The molecule has 1 aliphatic heterocycles. The number of carbonyl (C=O) groups excluding carboxylic acids is 1. The van der Waals surface area contributed by atoms with Crippen molar-refractivity contribution in [1.29, 1.82) is 0 Å². The van der Waals surface area contributed by atoms with Crippen molar-refractivity contribution in [3.05, 3.63) is 23.9 Å². The van der Waals surface area contributed by atoms with Gasteiger partial charge in [-0.05, 0) is 18.4 Å². The minimum atomic E-state index is -0.393. The van der Waals surface area contributed by atoms with E-state index in [9.17, 15) is 4.79 Å². The van der Waals surface area contributed by atoms with Gasteiger partial charge in [-0.25, -0.2) is 0 Å². The molecule has 4 heteroatoms. The number of nitrogens with two attached hydrogens (primary N) is 1. The Balaban J connectivity index is 2.98. The number of thiol groups is 1. The predicted octanol–water partition coefficient (Wildman–Crippen LogP) is 1.32. The lowest BCUT2D eigenvalue weighted by atomic mass is 9.97. The molecular formula is C10H14N2OS. The van der Waals surface area contributed by atoms with E-state index in [0.29, 0.717) is 11.3 Å². The molecule has 0 aromatic heterocycles. The second-order valence-electron chi connectivity index (χ2n) is 3.27. The van der Waals surface area contributed by atoms with Gasteiger partial charge in [0.05, 0.1) is 0 Å². The zero-order valence-electron chi connectivity index (χ0n) is 8.10. The maximum atomic E-state index is 11.1. The van der Waals surface area contributed by atoms with Crippen LogP contribution < -0.4 is 5.73 Å². The van der Waals surface area contributed by atoms with Crippen LogP contribution in [0.2, 0.25) is 0 Å². The summed E-state index contributed by atoms with van der Waals surface area (Å²) >= 11 is 4.12. The van der Waals surface area contributed by atoms with Crippen molar-refractivity contribution in [2.45, 2.75) is 13.3 Å². The van der Waals surface area contributed by atoms with E-state index in [4.69, 9.17) is 5.73 Å².